The van der Waals surface area contributed by atoms with Crippen molar-refractivity contribution in [3.63, 3.8) is 0 Å². The second-order valence-electron chi connectivity index (χ2n) is 6.38. The Morgan fingerprint density at radius 1 is 1.33 bits per heavy atom. The van der Waals surface area contributed by atoms with Crippen LogP contribution in [0.1, 0.15) is 16.8 Å². The molecule has 2 aromatic rings. The lowest BCUT2D eigenvalue weighted by Crippen LogP contribution is -2.41. The number of amides is 2. The van der Waals surface area contributed by atoms with Crippen LogP contribution in [0.5, 0.6) is 0 Å². The quantitative estimate of drug-likeness (QED) is 0.837. The Hall–Kier alpha value is -3.04. The lowest BCUT2D eigenvalue weighted by Gasteiger charge is -2.28. The molecule has 0 aliphatic carbocycles. The summed E-state index contributed by atoms with van der Waals surface area (Å²) in [7, 11) is 3.27. The number of carbonyl (C=O) groups is 1. The number of benzene rings is 1. The molecule has 2 heterocycles. The van der Waals surface area contributed by atoms with Gasteiger partial charge in [0.1, 0.15) is 0 Å². The molecule has 27 heavy (non-hydrogen) atoms. The van der Waals surface area contributed by atoms with E-state index < -0.39 is 17.8 Å². The first kappa shape index (κ1) is 18.7. The molecule has 1 aromatic heterocycles. The molecule has 0 radical (unpaired) electrons. The average Bonchev–Trinajstić information content (AvgIpc) is 2.60. The zero-order valence-electron chi connectivity index (χ0n) is 14.7. The molecule has 0 atom stereocenters. The van der Waals surface area contributed by atoms with E-state index in [1.807, 2.05) is 0 Å². The molecule has 0 spiro atoms. The number of nitrogens with one attached hydrogen (secondary N) is 2. The second-order valence-corrected chi connectivity index (χ2v) is 6.38. The highest BCUT2D eigenvalue weighted by Gasteiger charge is 2.35. The fraction of sp³-hybridized carbons (Fsp3) is 0.353. The Morgan fingerprint density at radius 2 is 2.07 bits per heavy atom. The molecular formula is C17H18F3N5O2. The fourth-order valence-corrected chi connectivity index (χ4v) is 2.89. The van der Waals surface area contributed by atoms with E-state index in [-0.39, 0.29) is 30.8 Å². The van der Waals surface area contributed by atoms with Crippen molar-refractivity contribution in [2.24, 2.45) is 0 Å². The highest BCUT2D eigenvalue weighted by atomic mass is 19.4. The Balaban J connectivity index is 1.83. The third-order valence-corrected chi connectivity index (χ3v) is 4.36. The van der Waals surface area contributed by atoms with E-state index in [4.69, 9.17) is 0 Å². The Bertz CT molecular complexity index is 924. The molecule has 144 valence electrons. The summed E-state index contributed by atoms with van der Waals surface area (Å²) in [5.74, 6) is 0. The van der Waals surface area contributed by atoms with Gasteiger partial charge in [0.15, 0.2) is 0 Å². The largest absolute Gasteiger partial charge is 0.418 e. The molecule has 1 aliphatic heterocycles. The van der Waals surface area contributed by atoms with E-state index in [9.17, 15) is 22.8 Å². The van der Waals surface area contributed by atoms with Gasteiger partial charge in [-0.1, -0.05) is 0 Å². The van der Waals surface area contributed by atoms with Crippen molar-refractivity contribution in [3.05, 3.63) is 51.7 Å². The number of aromatic amines is 1. The Morgan fingerprint density at radius 3 is 2.74 bits per heavy atom. The molecule has 2 amide bonds. The monoisotopic (exact) mass is 381 g/mol. The van der Waals surface area contributed by atoms with Crippen LogP contribution in [0.15, 0.2) is 29.3 Å². The standard InChI is InChI=1S/C17H18F3N5O2/c1-24(2)10-3-4-13(12(7-10)17(18,19)20)23-16(27)25-6-5-11-14(8-25)21-9-22-15(11)26/h3-4,7,9H,5-6,8H2,1-2H3,(H,23,27)(H,21,22,26). The van der Waals surface area contributed by atoms with Crippen LogP contribution in [0.4, 0.5) is 29.3 Å². The van der Waals surface area contributed by atoms with Gasteiger partial charge in [-0.05, 0) is 24.6 Å². The number of anilines is 2. The minimum atomic E-state index is -4.61. The van der Waals surface area contributed by atoms with Gasteiger partial charge < -0.3 is 20.1 Å². The van der Waals surface area contributed by atoms with Gasteiger partial charge in [0.25, 0.3) is 5.56 Å². The van der Waals surface area contributed by atoms with E-state index in [2.05, 4.69) is 15.3 Å². The molecular weight excluding hydrogens is 363 g/mol. The summed E-state index contributed by atoms with van der Waals surface area (Å²) in [6.45, 7) is 0.271. The third kappa shape index (κ3) is 3.88. The zero-order chi connectivity index (χ0) is 19.8. The molecule has 10 heteroatoms. The maximum Gasteiger partial charge on any atom is 0.418 e. The Labute approximate surface area is 152 Å². The van der Waals surface area contributed by atoms with E-state index in [0.29, 0.717) is 16.9 Å². The molecule has 3 rings (SSSR count). The van der Waals surface area contributed by atoms with Crippen molar-refractivity contribution in [2.75, 3.05) is 30.9 Å². The predicted molar refractivity (Wildman–Crippen MR) is 93.8 cm³/mol. The summed E-state index contributed by atoms with van der Waals surface area (Å²) in [4.78, 5) is 33.6. The number of hydrogen-bond acceptors (Lipinski definition) is 4. The van der Waals surface area contributed by atoms with Crippen molar-refractivity contribution in [1.82, 2.24) is 14.9 Å². The summed E-state index contributed by atoms with van der Waals surface area (Å²) in [6, 6.07) is 3.04. The highest BCUT2D eigenvalue weighted by Crippen LogP contribution is 2.37. The van der Waals surface area contributed by atoms with E-state index >= 15 is 0 Å². The van der Waals surface area contributed by atoms with Crippen LogP contribution < -0.4 is 15.8 Å². The summed E-state index contributed by atoms with van der Waals surface area (Å²) in [5, 5.41) is 2.33. The molecule has 1 aliphatic rings. The van der Waals surface area contributed by atoms with Crippen LogP contribution in [0.3, 0.4) is 0 Å². The second kappa shape index (κ2) is 6.93. The number of rotatable bonds is 2. The van der Waals surface area contributed by atoms with E-state index in [0.717, 1.165) is 6.07 Å². The first-order chi connectivity index (χ1) is 12.7. The van der Waals surface area contributed by atoms with Gasteiger partial charge in [0.2, 0.25) is 0 Å². The number of urea groups is 1. The maximum absolute atomic E-state index is 13.4. The van der Waals surface area contributed by atoms with E-state index in [1.54, 1.807) is 19.0 Å². The number of fused-ring (bicyclic) bond motifs is 1. The van der Waals surface area contributed by atoms with Crippen molar-refractivity contribution >= 4 is 17.4 Å². The number of carbonyl (C=O) groups excluding carboxylic acids is 1. The van der Waals surface area contributed by atoms with Crippen LogP contribution in [-0.4, -0.2) is 41.5 Å². The van der Waals surface area contributed by atoms with Gasteiger partial charge in [-0.3, -0.25) is 4.79 Å². The molecule has 0 saturated heterocycles. The molecule has 0 unspecified atom stereocenters. The summed E-state index contributed by atoms with van der Waals surface area (Å²) in [5.41, 5.74) is -0.196. The molecule has 2 N–H and O–H groups in total. The number of nitrogens with zero attached hydrogens (tertiary/aromatic N) is 3. The van der Waals surface area contributed by atoms with Gasteiger partial charge in [-0.25, -0.2) is 9.78 Å². The lowest BCUT2D eigenvalue weighted by atomic mass is 10.1. The van der Waals surface area contributed by atoms with Crippen LogP contribution in [-0.2, 0) is 19.1 Å². The van der Waals surface area contributed by atoms with Crippen molar-refractivity contribution in [2.45, 2.75) is 19.1 Å². The number of hydrogen-bond donors (Lipinski definition) is 2. The first-order valence-electron chi connectivity index (χ1n) is 8.16. The summed E-state index contributed by atoms with van der Waals surface area (Å²) < 4.78 is 40.2. The molecule has 0 bridgehead atoms. The minimum Gasteiger partial charge on any atom is -0.378 e. The topological polar surface area (TPSA) is 81.3 Å². The Kier molecular flexibility index (Phi) is 4.81. The van der Waals surface area contributed by atoms with Crippen LogP contribution in [0, 0.1) is 0 Å². The van der Waals surface area contributed by atoms with Gasteiger partial charge in [-0.2, -0.15) is 13.2 Å². The molecule has 0 saturated carbocycles. The third-order valence-electron chi connectivity index (χ3n) is 4.36. The molecule has 1 aromatic carbocycles. The number of alkyl halides is 3. The highest BCUT2D eigenvalue weighted by molar-refractivity contribution is 5.90. The molecule has 0 fully saturated rings. The molecule has 7 nitrogen and oxygen atoms in total. The van der Waals surface area contributed by atoms with Gasteiger partial charge in [0.05, 0.1) is 29.8 Å². The van der Waals surface area contributed by atoms with Gasteiger partial charge >= 0.3 is 12.2 Å². The lowest BCUT2D eigenvalue weighted by molar-refractivity contribution is -0.136. The van der Waals surface area contributed by atoms with Crippen LogP contribution >= 0.6 is 0 Å². The predicted octanol–water partition coefficient (Wildman–Crippen LogP) is 2.44. The normalized spacial score (nSPS) is 13.9. The maximum atomic E-state index is 13.4. The average molecular weight is 381 g/mol. The zero-order valence-corrected chi connectivity index (χ0v) is 14.7. The summed E-state index contributed by atoms with van der Waals surface area (Å²) >= 11 is 0. The van der Waals surface area contributed by atoms with Crippen LogP contribution in [0.2, 0.25) is 0 Å². The smallest absolute Gasteiger partial charge is 0.378 e. The van der Waals surface area contributed by atoms with Crippen LogP contribution in [0.25, 0.3) is 0 Å². The first-order valence-corrected chi connectivity index (χ1v) is 8.16. The van der Waals surface area contributed by atoms with Gasteiger partial charge in [-0.15, -0.1) is 0 Å². The SMILES string of the molecule is CN(C)c1ccc(NC(=O)N2CCc3c(nc[nH]c3=O)C2)c(C(F)(F)F)c1. The number of H-pyrrole nitrogens is 1. The fourth-order valence-electron chi connectivity index (χ4n) is 2.89. The van der Waals surface area contributed by atoms with Crippen molar-refractivity contribution < 1.29 is 18.0 Å². The van der Waals surface area contributed by atoms with E-state index in [1.165, 1.54) is 23.4 Å². The van der Waals surface area contributed by atoms with Crippen molar-refractivity contribution in [3.8, 4) is 0 Å². The van der Waals surface area contributed by atoms with Crippen molar-refractivity contribution in [1.29, 1.82) is 0 Å². The van der Waals surface area contributed by atoms with Gasteiger partial charge in [0, 0.05) is 31.9 Å². The number of halogens is 3. The number of aromatic nitrogens is 2. The minimum absolute atomic E-state index is 0.0578. The summed E-state index contributed by atoms with van der Waals surface area (Å²) in [6.07, 6.45) is -3.08.